The van der Waals surface area contributed by atoms with Crippen molar-refractivity contribution in [2.45, 2.75) is 45.9 Å². The topological polar surface area (TPSA) is 50.7 Å². The van der Waals surface area contributed by atoms with E-state index in [9.17, 15) is 8.78 Å². The van der Waals surface area contributed by atoms with Crippen molar-refractivity contribution in [3.05, 3.63) is 23.8 Å². The highest BCUT2D eigenvalue weighted by molar-refractivity contribution is 5.43. The van der Waals surface area contributed by atoms with E-state index >= 15 is 0 Å². The van der Waals surface area contributed by atoms with Gasteiger partial charge in [-0.2, -0.15) is 8.78 Å². The highest BCUT2D eigenvalue weighted by Gasteiger charge is 2.12. The van der Waals surface area contributed by atoms with Crippen molar-refractivity contribution in [1.29, 1.82) is 0 Å². The number of nitrogens with one attached hydrogen (secondary N) is 1. The van der Waals surface area contributed by atoms with Crippen LogP contribution in [0, 0.1) is 0 Å². The van der Waals surface area contributed by atoms with Gasteiger partial charge >= 0.3 is 6.61 Å². The first-order chi connectivity index (χ1) is 10.1. The van der Waals surface area contributed by atoms with Gasteiger partial charge in [0.2, 0.25) is 0 Å². The quantitative estimate of drug-likeness (QED) is 0.698. The molecule has 0 amide bonds. The van der Waals surface area contributed by atoms with Gasteiger partial charge in [0.25, 0.3) is 0 Å². The van der Waals surface area contributed by atoms with Crippen LogP contribution in [0.4, 0.5) is 8.78 Å². The largest absolute Gasteiger partial charge is 0.490 e. The van der Waals surface area contributed by atoms with E-state index in [-0.39, 0.29) is 18.4 Å². The predicted molar refractivity (Wildman–Crippen MR) is 76.9 cm³/mol. The van der Waals surface area contributed by atoms with Crippen LogP contribution in [0.2, 0.25) is 0 Å². The predicted octanol–water partition coefficient (Wildman–Crippen LogP) is 2.94. The number of hydrogen-bond donors (Lipinski definition) is 2. The molecule has 0 radical (unpaired) electrons. The maximum absolute atomic E-state index is 12.3. The van der Waals surface area contributed by atoms with Crippen LogP contribution >= 0.6 is 0 Å². The van der Waals surface area contributed by atoms with Crippen molar-refractivity contribution in [2.24, 2.45) is 0 Å². The van der Waals surface area contributed by atoms with Crippen LogP contribution in [0.5, 0.6) is 11.5 Å². The lowest BCUT2D eigenvalue weighted by Crippen LogP contribution is -2.25. The van der Waals surface area contributed by atoms with Crippen LogP contribution in [0.25, 0.3) is 0 Å². The van der Waals surface area contributed by atoms with Gasteiger partial charge in [0, 0.05) is 19.2 Å². The van der Waals surface area contributed by atoms with E-state index < -0.39 is 6.61 Å². The summed E-state index contributed by atoms with van der Waals surface area (Å²) in [6, 6.07) is 5.19. The van der Waals surface area contributed by atoms with Crippen molar-refractivity contribution in [3.63, 3.8) is 0 Å². The molecule has 0 aromatic heterocycles. The van der Waals surface area contributed by atoms with Gasteiger partial charge in [0.05, 0.1) is 6.61 Å². The molecular weight excluding hydrogens is 280 g/mol. The molecule has 1 atom stereocenters. The number of benzene rings is 1. The molecule has 2 N–H and O–H groups in total. The zero-order valence-electron chi connectivity index (χ0n) is 12.4. The molecule has 0 bridgehead atoms. The third kappa shape index (κ3) is 6.73. The summed E-state index contributed by atoms with van der Waals surface area (Å²) >= 11 is 0. The van der Waals surface area contributed by atoms with Crippen molar-refractivity contribution >= 4 is 0 Å². The molecule has 120 valence electrons. The zero-order valence-corrected chi connectivity index (χ0v) is 12.4. The summed E-state index contributed by atoms with van der Waals surface area (Å²) in [5.41, 5.74) is 0.927. The van der Waals surface area contributed by atoms with E-state index in [4.69, 9.17) is 9.84 Å². The van der Waals surface area contributed by atoms with Gasteiger partial charge in [-0.3, -0.25) is 0 Å². The Morgan fingerprint density at radius 1 is 1.29 bits per heavy atom. The van der Waals surface area contributed by atoms with Crippen molar-refractivity contribution in [1.82, 2.24) is 5.32 Å². The van der Waals surface area contributed by atoms with Gasteiger partial charge in [0.15, 0.2) is 11.5 Å². The molecule has 0 aliphatic rings. The number of hydrogen-bond acceptors (Lipinski definition) is 4. The standard InChI is InChI=1S/C15H23F2NO3/c1-3-20-14-9-12(6-7-13(14)21-15(16)17)10-18-11(2)5-4-8-19/h6-7,9,11,15,18-19H,3-5,8,10H2,1-2H3. The first-order valence-corrected chi connectivity index (χ1v) is 7.11. The van der Waals surface area contributed by atoms with Crippen LogP contribution in [0.15, 0.2) is 18.2 Å². The molecule has 0 aliphatic carbocycles. The van der Waals surface area contributed by atoms with Gasteiger partial charge in [-0.05, 0) is 44.4 Å². The molecule has 0 fully saturated rings. The third-order valence-electron chi connectivity index (χ3n) is 2.97. The lowest BCUT2D eigenvalue weighted by Gasteiger charge is -2.15. The molecule has 1 unspecified atom stereocenters. The second-order valence-electron chi connectivity index (χ2n) is 4.74. The number of alkyl halides is 2. The van der Waals surface area contributed by atoms with E-state index in [1.807, 2.05) is 6.92 Å². The number of ether oxygens (including phenoxy) is 2. The molecule has 4 nitrogen and oxygen atoms in total. The van der Waals surface area contributed by atoms with E-state index in [0.717, 1.165) is 18.4 Å². The minimum Gasteiger partial charge on any atom is -0.490 e. The first kappa shape index (κ1) is 17.7. The van der Waals surface area contributed by atoms with Gasteiger partial charge in [0.1, 0.15) is 0 Å². The Morgan fingerprint density at radius 3 is 2.67 bits per heavy atom. The summed E-state index contributed by atoms with van der Waals surface area (Å²) in [4.78, 5) is 0. The highest BCUT2D eigenvalue weighted by Crippen LogP contribution is 2.29. The molecule has 0 saturated heterocycles. The fourth-order valence-electron chi connectivity index (χ4n) is 1.92. The van der Waals surface area contributed by atoms with Gasteiger partial charge < -0.3 is 19.9 Å². The molecule has 6 heteroatoms. The SMILES string of the molecule is CCOc1cc(CNC(C)CCCO)ccc1OC(F)F. The van der Waals surface area contributed by atoms with Crippen LogP contribution in [-0.2, 0) is 6.54 Å². The summed E-state index contributed by atoms with van der Waals surface area (Å²) in [7, 11) is 0. The van der Waals surface area contributed by atoms with E-state index in [0.29, 0.717) is 18.9 Å². The first-order valence-electron chi connectivity index (χ1n) is 7.11. The number of halogens is 2. The Hall–Kier alpha value is -1.40. The normalized spacial score (nSPS) is 12.5. The minimum atomic E-state index is -2.87. The van der Waals surface area contributed by atoms with Crippen molar-refractivity contribution in [3.8, 4) is 11.5 Å². The minimum absolute atomic E-state index is 0.0453. The van der Waals surface area contributed by atoms with Gasteiger partial charge in [-0.25, -0.2) is 0 Å². The third-order valence-corrected chi connectivity index (χ3v) is 2.97. The smallest absolute Gasteiger partial charge is 0.387 e. The number of rotatable bonds is 10. The van der Waals surface area contributed by atoms with E-state index in [1.54, 1.807) is 19.1 Å². The Bertz CT molecular complexity index is 416. The summed E-state index contributed by atoms with van der Waals surface area (Å²) in [5.74, 6) is 0.365. The Morgan fingerprint density at radius 2 is 2.05 bits per heavy atom. The second-order valence-corrected chi connectivity index (χ2v) is 4.74. The van der Waals surface area contributed by atoms with Crippen molar-refractivity contribution < 1.29 is 23.4 Å². The van der Waals surface area contributed by atoms with Gasteiger partial charge in [-0.1, -0.05) is 6.07 Å². The zero-order chi connectivity index (χ0) is 15.7. The lowest BCUT2D eigenvalue weighted by atomic mass is 10.1. The highest BCUT2D eigenvalue weighted by atomic mass is 19.3. The molecular formula is C15H23F2NO3. The summed E-state index contributed by atoms with van der Waals surface area (Å²) < 4.78 is 34.4. The fraction of sp³-hybridized carbons (Fsp3) is 0.600. The average Bonchev–Trinajstić information content (AvgIpc) is 2.45. The van der Waals surface area contributed by atoms with Crippen LogP contribution in [0.1, 0.15) is 32.3 Å². The van der Waals surface area contributed by atoms with Crippen LogP contribution in [-0.4, -0.2) is 31.0 Å². The Balaban J connectivity index is 2.64. The van der Waals surface area contributed by atoms with Crippen molar-refractivity contribution in [2.75, 3.05) is 13.2 Å². The Kier molecular flexibility index (Phi) is 8.00. The van der Waals surface area contributed by atoms with E-state index in [2.05, 4.69) is 10.1 Å². The maximum atomic E-state index is 12.3. The molecule has 1 aromatic rings. The second kappa shape index (κ2) is 9.52. The molecule has 1 rings (SSSR count). The number of aliphatic hydroxyl groups is 1. The Labute approximate surface area is 124 Å². The van der Waals surface area contributed by atoms with Crippen LogP contribution < -0.4 is 14.8 Å². The molecule has 1 aromatic carbocycles. The molecule has 21 heavy (non-hydrogen) atoms. The summed E-state index contributed by atoms with van der Waals surface area (Å²) in [5, 5.41) is 12.1. The summed E-state index contributed by atoms with van der Waals surface area (Å²) in [6.45, 7) is 2.11. The molecule has 0 saturated carbocycles. The molecule has 0 heterocycles. The lowest BCUT2D eigenvalue weighted by molar-refractivity contribution is -0.0514. The molecule has 0 aliphatic heterocycles. The van der Waals surface area contributed by atoms with Gasteiger partial charge in [-0.15, -0.1) is 0 Å². The maximum Gasteiger partial charge on any atom is 0.387 e. The number of aliphatic hydroxyl groups excluding tert-OH is 1. The fourth-order valence-corrected chi connectivity index (χ4v) is 1.92. The average molecular weight is 303 g/mol. The monoisotopic (exact) mass is 303 g/mol. The van der Waals surface area contributed by atoms with E-state index in [1.165, 1.54) is 6.07 Å². The molecule has 0 spiro atoms. The van der Waals surface area contributed by atoms with Crippen LogP contribution in [0.3, 0.4) is 0 Å². The summed E-state index contributed by atoms with van der Waals surface area (Å²) in [6.07, 6.45) is 1.63.